The highest BCUT2D eigenvalue weighted by molar-refractivity contribution is 7.80. The Labute approximate surface area is 78.1 Å². The molecule has 1 N–H and O–H groups in total. The molecule has 0 heterocycles. The van der Waals surface area contributed by atoms with Crippen LogP contribution in [0.1, 0.15) is 6.42 Å². The van der Waals surface area contributed by atoms with Gasteiger partial charge in [-0.25, -0.2) is 0 Å². The summed E-state index contributed by atoms with van der Waals surface area (Å²) < 4.78 is 35.5. The van der Waals surface area contributed by atoms with Crippen molar-refractivity contribution in [1.82, 2.24) is 0 Å². The fourth-order valence-electron chi connectivity index (χ4n) is 0.684. The summed E-state index contributed by atoms with van der Waals surface area (Å²) >= 11 is 4.11. The van der Waals surface area contributed by atoms with Gasteiger partial charge in [0, 0.05) is 0 Å². The molecule has 0 aromatic carbocycles. The minimum atomic E-state index is -4.97. The van der Waals surface area contributed by atoms with Crippen LogP contribution in [0.15, 0.2) is 12.7 Å². The molecule has 1 atom stereocenters. The lowest BCUT2D eigenvalue weighted by Crippen LogP contribution is -2.34. The summed E-state index contributed by atoms with van der Waals surface area (Å²) in [5, 5.41) is 7.68. The second kappa shape index (κ2) is 4.36. The van der Waals surface area contributed by atoms with Crippen LogP contribution >= 0.6 is 12.2 Å². The van der Waals surface area contributed by atoms with Gasteiger partial charge in [0.25, 0.3) is 0 Å². The molecule has 0 radical (unpaired) electrons. The maximum absolute atomic E-state index is 11.8. The van der Waals surface area contributed by atoms with Gasteiger partial charge < -0.3 is 5.11 Å². The molecule has 0 rings (SSSR count). The quantitative estimate of drug-likeness (QED) is 0.573. The van der Waals surface area contributed by atoms with E-state index in [1.165, 1.54) is 0 Å². The van der Waals surface area contributed by atoms with E-state index in [9.17, 15) is 18.0 Å². The molecule has 2 nitrogen and oxygen atoms in total. The minimum absolute atomic E-state index is 0.312. The molecule has 0 amide bonds. The number of alkyl halides is 3. The summed E-state index contributed by atoms with van der Waals surface area (Å²) in [6.45, 7) is 3.16. The first kappa shape index (κ1) is 12.1. The van der Waals surface area contributed by atoms with Crippen molar-refractivity contribution in [3.8, 4) is 0 Å². The predicted molar refractivity (Wildman–Crippen MR) is 44.6 cm³/mol. The van der Waals surface area contributed by atoms with E-state index in [4.69, 9.17) is 5.11 Å². The number of hydrogen-bond acceptors (Lipinski definition) is 2. The number of hydrogen-bond donors (Lipinski definition) is 1. The van der Waals surface area contributed by atoms with Gasteiger partial charge in [0.1, 0.15) is 0 Å². The number of thiocarbonyl (C=S) groups is 1. The van der Waals surface area contributed by atoms with Crippen molar-refractivity contribution < 1.29 is 23.1 Å². The summed E-state index contributed by atoms with van der Waals surface area (Å²) in [4.78, 5) is 10.6. The summed E-state index contributed by atoms with van der Waals surface area (Å²) in [5.41, 5.74) is 0. The number of carbonyl (C=O) groups is 1. The highest BCUT2D eigenvalue weighted by atomic mass is 32.1. The molecule has 0 aromatic heterocycles. The minimum Gasteiger partial charge on any atom is -0.501 e. The number of Topliss-reactive ketones (excluding diaryl/α,β-unsaturated/α-hetero) is 1. The third-order valence-electron chi connectivity index (χ3n) is 1.30. The molecule has 0 saturated heterocycles. The first-order valence-electron chi connectivity index (χ1n) is 3.25. The standard InChI is InChI=1S/C7H7F3O2S/c1-2-3-4(6(12)13)5(11)7(8,9)10/h2,4H,1,3H2,(H,12,13). The average molecular weight is 212 g/mol. The molecule has 0 bridgehead atoms. The van der Waals surface area contributed by atoms with E-state index in [0.717, 1.165) is 6.08 Å². The van der Waals surface area contributed by atoms with Crippen LogP contribution in [0.5, 0.6) is 0 Å². The number of aliphatic hydroxyl groups is 1. The molecule has 6 heteroatoms. The van der Waals surface area contributed by atoms with Gasteiger partial charge in [-0.2, -0.15) is 13.2 Å². The Hall–Kier alpha value is -0.910. The van der Waals surface area contributed by atoms with E-state index in [1.54, 1.807) is 0 Å². The normalized spacial score (nSPS) is 13.5. The number of allylic oxidation sites excluding steroid dienone is 1. The van der Waals surface area contributed by atoms with Gasteiger partial charge in [-0.3, -0.25) is 4.79 Å². The second-order valence-corrected chi connectivity index (χ2v) is 2.70. The van der Waals surface area contributed by atoms with Crippen molar-refractivity contribution in [2.45, 2.75) is 12.6 Å². The number of rotatable bonds is 4. The third kappa shape index (κ3) is 3.54. The predicted octanol–water partition coefficient (Wildman–Crippen LogP) is 2.20. The van der Waals surface area contributed by atoms with Crippen molar-refractivity contribution in [3.05, 3.63) is 12.7 Å². The van der Waals surface area contributed by atoms with E-state index in [0.29, 0.717) is 0 Å². The van der Waals surface area contributed by atoms with Gasteiger partial charge in [0.05, 0.1) is 5.92 Å². The van der Waals surface area contributed by atoms with Crippen molar-refractivity contribution >= 4 is 23.1 Å². The summed E-state index contributed by atoms with van der Waals surface area (Å²) in [6.07, 6.45) is -4.19. The maximum atomic E-state index is 11.8. The second-order valence-electron chi connectivity index (χ2n) is 2.28. The van der Waals surface area contributed by atoms with Crippen molar-refractivity contribution in [2.24, 2.45) is 5.92 Å². The Bertz CT molecular complexity index is 234. The third-order valence-corrected chi connectivity index (χ3v) is 1.58. The number of carbonyl (C=O) groups excluding carboxylic acids is 1. The zero-order valence-corrected chi connectivity index (χ0v) is 7.28. The number of halogens is 3. The average Bonchev–Trinajstić information content (AvgIpc) is 1.96. The Morgan fingerprint density at radius 3 is 2.31 bits per heavy atom. The van der Waals surface area contributed by atoms with Crippen molar-refractivity contribution in [3.63, 3.8) is 0 Å². The number of ketones is 1. The van der Waals surface area contributed by atoms with E-state index >= 15 is 0 Å². The van der Waals surface area contributed by atoms with Crippen LogP contribution in [0.4, 0.5) is 13.2 Å². The monoisotopic (exact) mass is 212 g/mol. The number of aliphatic hydroxyl groups excluding tert-OH is 1. The molecule has 0 saturated carbocycles. The van der Waals surface area contributed by atoms with Gasteiger partial charge in [0.2, 0.25) is 5.78 Å². The fraction of sp³-hybridized carbons (Fsp3) is 0.429. The molecule has 13 heavy (non-hydrogen) atoms. The molecule has 1 unspecified atom stereocenters. The van der Waals surface area contributed by atoms with Gasteiger partial charge in [0.15, 0.2) is 5.05 Å². The van der Waals surface area contributed by atoms with Crippen molar-refractivity contribution in [1.29, 1.82) is 0 Å². The van der Waals surface area contributed by atoms with Crippen LogP contribution < -0.4 is 0 Å². The molecule has 0 aliphatic carbocycles. The zero-order chi connectivity index (χ0) is 10.6. The molecular weight excluding hydrogens is 205 g/mol. The SMILES string of the molecule is C=CCC(C(=O)C(F)(F)F)C(O)=S. The molecule has 0 aliphatic heterocycles. The van der Waals surface area contributed by atoms with Crippen LogP contribution in [0, 0.1) is 5.92 Å². The first-order chi connectivity index (χ1) is 5.80. The molecule has 0 aliphatic rings. The van der Waals surface area contributed by atoms with E-state index in [-0.39, 0.29) is 6.42 Å². The van der Waals surface area contributed by atoms with Crippen LogP contribution in [-0.2, 0) is 4.79 Å². The van der Waals surface area contributed by atoms with Crippen LogP contribution in [0.2, 0.25) is 0 Å². The lowest BCUT2D eigenvalue weighted by atomic mass is 10.0. The maximum Gasteiger partial charge on any atom is 0.450 e. The summed E-state index contributed by atoms with van der Waals surface area (Å²) in [6, 6.07) is 0. The van der Waals surface area contributed by atoms with E-state index < -0.39 is 22.9 Å². The molecule has 74 valence electrons. The molecular formula is C7H7F3O2S. The van der Waals surface area contributed by atoms with E-state index in [2.05, 4.69) is 18.8 Å². The van der Waals surface area contributed by atoms with Gasteiger partial charge >= 0.3 is 6.18 Å². The topological polar surface area (TPSA) is 37.3 Å². The highest BCUT2D eigenvalue weighted by Crippen LogP contribution is 2.23. The Kier molecular flexibility index (Phi) is 4.06. The van der Waals surface area contributed by atoms with Crippen LogP contribution in [0.3, 0.4) is 0 Å². The van der Waals surface area contributed by atoms with Gasteiger partial charge in [-0.1, -0.05) is 6.08 Å². The molecule has 0 spiro atoms. The smallest absolute Gasteiger partial charge is 0.450 e. The van der Waals surface area contributed by atoms with E-state index in [1.807, 2.05) is 0 Å². The fourth-order valence-corrected chi connectivity index (χ4v) is 0.887. The lowest BCUT2D eigenvalue weighted by molar-refractivity contribution is -0.173. The largest absolute Gasteiger partial charge is 0.501 e. The Morgan fingerprint density at radius 1 is 1.62 bits per heavy atom. The molecule has 0 aromatic rings. The Balaban J connectivity index is 4.66. The first-order valence-corrected chi connectivity index (χ1v) is 3.66. The zero-order valence-electron chi connectivity index (χ0n) is 6.47. The highest BCUT2D eigenvalue weighted by Gasteiger charge is 2.44. The van der Waals surface area contributed by atoms with Gasteiger partial charge in [-0.15, -0.1) is 6.58 Å². The molecule has 0 fully saturated rings. The van der Waals surface area contributed by atoms with Crippen LogP contribution in [0.25, 0.3) is 0 Å². The lowest BCUT2D eigenvalue weighted by Gasteiger charge is -2.12. The Morgan fingerprint density at radius 2 is 2.08 bits per heavy atom. The van der Waals surface area contributed by atoms with Crippen molar-refractivity contribution in [2.75, 3.05) is 0 Å². The van der Waals surface area contributed by atoms with Crippen LogP contribution in [-0.4, -0.2) is 22.1 Å². The summed E-state index contributed by atoms with van der Waals surface area (Å²) in [5.74, 6) is -3.74. The summed E-state index contributed by atoms with van der Waals surface area (Å²) in [7, 11) is 0. The van der Waals surface area contributed by atoms with Gasteiger partial charge in [-0.05, 0) is 18.6 Å².